The van der Waals surface area contributed by atoms with Crippen LogP contribution in [-0.4, -0.2) is 46.2 Å². The SMILES string of the molecule is c1ccc(-c2cc(CN3CCN(c4ncccn4)CC3)on2)cc1. The molecule has 24 heavy (non-hydrogen) atoms. The van der Waals surface area contributed by atoms with Crippen molar-refractivity contribution < 1.29 is 4.52 Å². The lowest BCUT2D eigenvalue weighted by Crippen LogP contribution is -2.46. The van der Waals surface area contributed by atoms with Crippen molar-refractivity contribution in [2.75, 3.05) is 31.1 Å². The van der Waals surface area contributed by atoms with Crippen LogP contribution in [0.5, 0.6) is 0 Å². The summed E-state index contributed by atoms with van der Waals surface area (Å²) in [6.45, 7) is 4.54. The van der Waals surface area contributed by atoms with E-state index in [0.29, 0.717) is 0 Å². The van der Waals surface area contributed by atoms with Crippen molar-refractivity contribution in [1.29, 1.82) is 0 Å². The van der Waals surface area contributed by atoms with Gasteiger partial charge in [-0.1, -0.05) is 35.5 Å². The lowest BCUT2D eigenvalue weighted by Gasteiger charge is -2.33. The Morgan fingerprint density at radius 2 is 1.67 bits per heavy atom. The van der Waals surface area contributed by atoms with Gasteiger partial charge in [-0.05, 0) is 6.07 Å². The highest BCUT2D eigenvalue weighted by Gasteiger charge is 2.20. The maximum Gasteiger partial charge on any atom is 0.225 e. The van der Waals surface area contributed by atoms with Crippen LogP contribution in [-0.2, 0) is 6.54 Å². The van der Waals surface area contributed by atoms with E-state index in [9.17, 15) is 0 Å². The van der Waals surface area contributed by atoms with E-state index in [1.165, 1.54) is 0 Å². The van der Waals surface area contributed by atoms with Gasteiger partial charge >= 0.3 is 0 Å². The van der Waals surface area contributed by atoms with Crippen LogP contribution in [0.1, 0.15) is 5.76 Å². The van der Waals surface area contributed by atoms with Gasteiger partial charge in [-0.15, -0.1) is 0 Å². The molecule has 6 heteroatoms. The number of nitrogens with zero attached hydrogens (tertiary/aromatic N) is 5. The Labute approximate surface area is 140 Å². The summed E-state index contributed by atoms with van der Waals surface area (Å²) in [5.41, 5.74) is 1.97. The lowest BCUT2D eigenvalue weighted by atomic mass is 10.1. The van der Waals surface area contributed by atoms with Crippen molar-refractivity contribution in [3.8, 4) is 11.3 Å². The highest BCUT2D eigenvalue weighted by Crippen LogP contribution is 2.20. The van der Waals surface area contributed by atoms with E-state index in [-0.39, 0.29) is 0 Å². The molecule has 6 nitrogen and oxygen atoms in total. The van der Waals surface area contributed by atoms with Gasteiger partial charge in [0.05, 0.1) is 6.54 Å². The zero-order valence-electron chi connectivity index (χ0n) is 13.4. The molecule has 4 rings (SSSR count). The van der Waals surface area contributed by atoms with Crippen molar-refractivity contribution in [1.82, 2.24) is 20.0 Å². The van der Waals surface area contributed by atoms with Gasteiger partial charge in [-0.2, -0.15) is 0 Å². The van der Waals surface area contributed by atoms with E-state index in [0.717, 1.165) is 55.7 Å². The quantitative estimate of drug-likeness (QED) is 0.736. The fourth-order valence-corrected chi connectivity index (χ4v) is 2.91. The normalized spacial score (nSPS) is 15.6. The number of aromatic nitrogens is 3. The van der Waals surface area contributed by atoms with Crippen LogP contribution in [0.15, 0.2) is 59.4 Å². The monoisotopic (exact) mass is 321 g/mol. The number of rotatable bonds is 4. The zero-order chi connectivity index (χ0) is 16.2. The van der Waals surface area contributed by atoms with Crippen molar-refractivity contribution in [2.45, 2.75) is 6.54 Å². The summed E-state index contributed by atoms with van der Waals surface area (Å²) in [7, 11) is 0. The molecule has 1 saturated heterocycles. The molecule has 3 aromatic rings. The second kappa shape index (κ2) is 6.80. The molecule has 0 radical (unpaired) electrons. The van der Waals surface area contributed by atoms with E-state index >= 15 is 0 Å². The minimum absolute atomic E-state index is 0.781. The van der Waals surface area contributed by atoms with Crippen LogP contribution in [0.2, 0.25) is 0 Å². The molecule has 1 fully saturated rings. The van der Waals surface area contributed by atoms with Gasteiger partial charge in [0.25, 0.3) is 0 Å². The van der Waals surface area contributed by atoms with Gasteiger partial charge in [0.15, 0.2) is 5.76 Å². The fourth-order valence-electron chi connectivity index (χ4n) is 2.91. The molecular formula is C18H19N5O. The molecule has 0 N–H and O–H groups in total. The average Bonchev–Trinajstić information content (AvgIpc) is 3.12. The second-order valence-corrected chi connectivity index (χ2v) is 5.86. The minimum Gasteiger partial charge on any atom is -0.359 e. The Morgan fingerprint density at radius 1 is 0.917 bits per heavy atom. The minimum atomic E-state index is 0.781. The van der Waals surface area contributed by atoms with E-state index in [4.69, 9.17) is 4.52 Å². The first kappa shape index (κ1) is 14.8. The summed E-state index contributed by atoms with van der Waals surface area (Å²) in [4.78, 5) is 13.2. The third-order valence-electron chi connectivity index (χ3n) is 4.22. The molecule has 0 saturated carbocycles. The van der Waals surface area contributed by atoms with E-state index in [2.05, 4.69) is 24.9 Å². The first-order valence-corrected chi connectivity index (χ1v) is 8.14. The molecular weight excluding hydrogens is 302 g/mol. The van der Waals surface area contributed by atoms with Crippen molar-refractivity contribution in [3.63, 3.8) is 0 Å². The Bertz CT molecular complexity index is 766. The van der Waals surface area contributed by atoms with E-state index in [1.807, 2.05) is 42.5 Å². The standard InChI is InChI=1S/C18H19N5O/c1-2-5-15(6-3-1)17-13-16(24-21-17)14-22-9-11-23(12-10-22)18-19-7-4-8-20-18/h1-8,13H,9-12,14H2. The molecule has 122 valence electrons. The van der Waals surface area contributed by atoms with Crippen LogP contribution in [0.25, 0.3) is 11.3 Å². The molecule has 3 heterocycles. The summed E-state index contributed by atoms with van der Waals surface area (Å²) >= 11 is 0. The Hall–Kier alpha value is -2.73. The molecule has 0 unspecified atom stereocenters. The third-order valence-corrected chi connectivity index (χ3v) is 4.22. The maximum atomic E-state index is 5.50. The molecule has 2 aromatic heterocycles. The highest BCUT2D eigenvalue weighted by atomic mass is 16.5. The Balaban J connectivity index is 1.35. The first-order valence-electron chi connectivity index (χ1n) is 8.14. The smallest absolute Gasteiger partial charge is 0.225 e. The van der Waals surface area contributed by atoms with Crippen molar-refractivity contribution >= 4 is 5.95 Å². The summed E-state index contributed by atoms with van der Waals surface area (Å²) in [5.74, 6) is 1.71. The zero-order valence-corrected chi connectivity index (χ0v) is 13.4. The van der Waals surface area contributed by atoms with Gasteiger partial charge in [-0.3, -0.25) is 4.90 Å². The summed E-state index contributed by atoms with van der Waals surface area (Å²) in [6, 6.07) is 14.0. The molecule has 1 aromatic carbocycles. The van der Waals surface area contributed by atoms with Gasteiger partial charge in [-0.25, -0.2) is 9.97 Å². The second-order valence-electron chi connectivity index (χ2n) is 5.86. The maximum absolute atomic E-state index is 5.50. The van der Waals surface area contributed by atoms with Gasteiger partial charge in [0.1, 0.15) is 5.69 Å². The number of anilines is 1. The molecule has 1 aliphatic rings. The molecule has 0 amide bonds. The van der Waals surface area contributed by atoms with Gasteiger partial charge in [0.2, 0.25) is 5.95 Å². The van der Waals surface area contributed by atoms with E-state index < -0.39 is 0 Å². The highest BCUT2D eigenvalue weighted by molar-refractivity contribution is 5.58. The van der Waals surface area contributed by atoms with Crippen molar-refractivity contribution in [3.05, 3.63) is 60.6 Å². The molecule has 0 spiro atoms. The molecule has 0 aliphatic carbocycles. The summed E-state index contributed by atoms with van der Waals surface area (Å²) < 4.78 is 5.50. The van der Waals surface area contributed by atoms with Crippen LogP contribution >= 0.6 is 0 Å². The molecule has 0 bridgehead atoms. The predicted octanol–water partition coefficient (Wildman–Crippen LogP) is 2.45. The fraction of sp³-hybridized carbons (Fsp3) is 0.278. The molecule has 1 aliphatic heterocycles. The van der Waals surface area contributed by atoms with E-state index in [1.54, 1.807) is 12.4 Å². The van der Waals surface area contributed by atoms with Crippen LogP contribution in [0.3, 0.4) is 0 Å². The average molecular weight is 321 g/mol. The Kier molecular flexibility index (Phi) is 4.20. The van der Waals surface area contributed by atoms with Crippen LogP contribution < -0.4 is 4.90 Å². The number of hydrogen-bond acceptors (Lipinski definition) is 6. The summed E-state index contributed by atoms with van der Waals surface area (Å²) in [6.07, 6.45) is 3.57. The topological polar surface area (TPSA) is 58.3 Å². The summed E-state index contributed by atoms with van der Waals surface area (Å²) in [5, 5.41) is 4.18. The molecule has 0 atom stereocenters. The van der Waals surface area contributed by atoms with Gasteiger partial charge < -0.3 is 9.42 Å². The van der Waals surface area contributed by atoms with Gasteiger partial charge in [0, 0.05) is 50.2 Å². The van der Waals surface area contributed by atoms with Crippen molar-refractivity contribution in [2.24, 2.45) is 0 Å². The number of piperazine rings is 1. The van der Waals surface area contributed by atoms with Crippen LogP contribution in [0, 0.1) is 0 Å². The number of hydrogen-bond donors (Lipinski definition) is 0. The lowest BCUT2D eigenvalue weighted by molar-refractivity contribution is 0.219. The predicted molar refractivity (Wildman–Crippen MR) is 91.5 cm³/mol. The largest absolute Gasteiger partial charge is 0.359 e. The number of benzene rings is 1. The first-order chi connectivity index (χ1) is 11.9. The van der Waals surface area contributed by atoms with Crippen LogP contribution in [0.4, 0.5) is 5.95 Å². The Morgan fingerprint density at radius 3 is 2.42 bits per heavy atom. The third kappa shape index (κ3) is 3.28.